The van der Waals surface area contributed by atoms with Gasteiger partial charge in [0.05, 0.1) is 7.11 Å². The third-order valence-corrected chi connectivity index (χ3v) is 1.89. The van der Waals surface area contributed by atoms with Crippen LogP contribution in [0.3, 0.4) is 0 Å². The SMILES string of the molecule is COC(=O)[C@H](CC(C)C)NC(=O)CCl. The minimum Gasteiger partial charge on any atom is -0.467 e. The zero-order valence-corrected chi connectivity index (χ0v) is 9.43. The second-order valence-corrected chi connectivity index (χ2v) is 3.67. The number of rotatable bonds is 5. The van der Waals surface area contributed by atoms with Crippen molar-refractivity contribution in [3.63, 3.8) is 0 Å². The van der Waals surface area contributed by atoms with Crippen molar-refractivity contribution >= 4 is 23.5 Å². The van der Waals surface area contributed by atoms with Crippen molar-refractivity contribution in [2.24, 2.45) is 5.92 Å². The summed E-state index contributed by atoms with van der Waals surface area (Å²) in [6, 6.07) is -0.591. The number of nitrogens with one attached hydrogen (secondary N) is 1. The van der Waals surface area contributed by atoms with Crippen LogP contribution < -0.4 is 5.32 Å². The summed E-state index contributed by atoms with van der Waals surface area (Å²) in [5.74, 6) is -0.638. The molecule has 0 bridgehead atoms. The number of carbonyl (C=O) groups excluding carboxylic acids is 2. The number of hydrogen-bond donors (Lipinski definition) is 1. The number of ether oxygens (including phenoxy) is 1. The summed E-state index contributed by atoms with van der Waals surface area (Å²) < 4.78 is 4.56. The van der Waals surface area contributed by atoms with Crippen LogP contribution >= 0.6 is 11.6 Å². The van der Waals surface area contributed by atoms with Gasteiger partial charge in [0.2, 0.25) is 5.91 Å². The Bertz CT molecular complexity index is 206. The van der Waals surface area contributed by atoms with Crippen LogP contribution in [0.4, 0.5) is 0 Å². The second-order valence-electron chi connectivity index (χ2n) is 3.41. The molecule has 0 rings (SSSR count). The third kappa shape index (κ3) is 5.07. The van der Waals surface area contributed by atoms with Crippen LogP contribution in [0.1, 0.15) is 20.3 Å². The monoisotopic (exact) mass is 221 g/mol. The molecular weight excluding hydrogens is 206 g/mol. The third-order valence-electron chi connectivity index (χ3n) is 1.65. The Morgan fingerprint density at radius 1 is 1.43 bits per heavy atom. The Morgan fingerprint density at radius 3 is 2.36 bits per heavy atom. The van der Waals surface area contributed by atoms with Gasteiger partial charge in [-0.1, -0.05) is 13.8 Å². The Morgan fingerprint density at radius 2 is 2.00 bits per heavy atom. The van der Waals surface area contributed by atoms with Gasteiger partial charge in [0, 0.05) is 0 Å². The molecular formula is C9H16ClNO3. The van der Waals surface area contributed by atoms with Gasteiger partial charge in [0.15, 0.2) is 0 Å². The maximum atomic E-state index is 11.2. The van der Waals surface area contributed by atoms with Crippen LogP contribution in [0.15, 0.2) is 0 Å². The lowest BCUT2D eigenvalue weighted by atomic mass is 10.0. The van der Waals surface area contributed by atoms with Gasteiger partial charge < -0.3 is 10.1 Å². The molecule has 0 aliphatic carbocycles. The summed E-state index contributed by atoms with van der Waals surface area (Å²) in [7, 11) is 1.29. The summed E-state index contributed by atoms with van der Waals surface area (Å²) in [6.45, 7) is 3.92. The summed E-state index contributed by atoms with van der Waals surface area (Å²) in [6.07, 6.45) is 0.551. The van der Waals surface area contributed by atoms with Gasteiger partial charge in [0.25, 0.3) is 0 Å². The first-order valence-electron chi connectivity index (χ1n) is 4.44. The van der Waals surface area contributed by atoms with Gasteiger partial charge in [-0.2, -0.15) is 0 Å². The van der Waals surface area contributed by atoms with Gasteiger partial charge >= 0.3 is 5.97 Å². The van der Waals surface area contributed by atoms with Crippen molar-refractivity contribution < 1.29 is 14.3 Å². The van der Waals surface area contributed by atoms with E-state index in [9.17, 15) is 9.59 Å². The Balaban J connectivity index is 4.24. The summed E-state index contributed by atoms with van der Waals surface area (Å²) in [5, 5.41) is 2.50. The summed E-state index contributed by atoms with van der Waals surface area (Å²) in [4.78, 5) is 22.2. The molecule has 0 aromatic rings. The molecule has 0 radical (unpaired) electrons. The molecule has 0 spiro atoms. The fourth-order valence-corrected chi connectivity index (χ4v) is 1.14. The molecule has 0 aliphatic heterocycles. The fourth-order valence-electron chi connectivity index (χ4n) is 1.06. The average molecular weight is 222 g/mol. The summed E-state index contributed by atoms with van der Waals surface area (Å²) in [5.41, 5.74) is 0. The topological polar surface area (TPSA) is 55.4 Å². The molecule has 0 aromatic heterocycles. The first-order valence-corrected chi connectivity index (χ1v) is 4.97. The summed E-state index contributed by atoms with van der Waals surface area (Å²) >= 11 is 5.32. The molecule has 0 saturated carbocycles. The molecule has 1 amide bonds. The van der Waals surface area contributed by atoms with E-state index in [0.29, 0.717) is 12.3 Å². The molecule has 0 saturated heterocycles. The molecule has 0 unspecified atom stereocenters. The van der Waals surface area contributed by atoms with E-state index >= 15 is 0 Å². The van der Waals surface area contributed by atoms with E-state index in [1.807, 2.05) is 13.8 Å². The van der Waals surface area contributed by atoms with Crippen molar-refractivity contribution in [2.75, 3.05) is 13.0 Å². The average Bonchev–Trinajstić information content (AvgIpc) is 2.14. The molecule has 5 heteroatoms. The van der Waals surface area contributed by atoms with Crippen molar-refractivity contribution in [2.45, 2.75) is 26.3 Å². The number of alkyl halides is 1. The highest BCUT2D eigenvalue weighted by molar-refractivity contribution is 6.27. The Hall–Kier alpha value is -0.770. The maximum absolute atomic E-state index is 11.2. The molecule has 0 heterocycles. The number of methoxy groups -OCH3 is 1. The first-order chi connectivity index (χ1) is 6.51. The van der Waals surface area contributed by atoms with Gasteiger partial charge in [-0.3, -0.25) is 4.79 Å². The van der Waals surface area contributed by atoms with Crippen molar-refractivity contribution in [3.05, 3.63) is 0 Å². The van der Waals surface area contributed by atoms with Crippen LogP contribution in [0, 0.1) is 5.92 Å². The van der Waals surface area contributed by atoms with Crippen molar-refractivity contribution in [1.82, 2.24) is 5.32 Å². The number of halogens is 1. The van der Waals surface area contributed by atoms with E-state index in [1.54, 1.807) is 0 Å². The second kappa shape index (κ2) is 6.65. The maximum Gasteiger partial charge on any atom is 0.328 e. The molecule has 0 fully saturated rings. The van der Waals surface area contributed by atoms with E-state index < -0.39 is 12.0 Å². The van der Waals surface area contributed by atoms with Crippen LogP contribution in [0.25, 0.3) is 0 Å². The molecule has 0 aliphatic rings. The lowest BCUT2D eigenvalue weighted by Gasteiger charge is -2.17. The van der Waals surface area contributed by atoms with Gasteiger partial charge in [-0.15, -0.1) is 11.6 Å². The van der Waals surface area contributed by atoms with Crippen LogP contribution in [-0.2, 0) is 14.3 Å². The van der Waals surface area contributed by atoms with E-state index in [0.717, 1.165) is 0 Å². The highest BCUT2D eigenvalue weighted by Gasteiger charge is 2.21. The highest BCUT2D eigenvalue weighted by atomic mass is 35.5. The number of hydrogen-bond acceptors (Lipinski definition) is 3. The van der Waals surface area contributed by atoms with Gasteiger partial charge in [-0.25, -0.2) is 4.79 Å². The molecule has 14 heavy (non-hydrogen) atoms. The van der Waals surface area contributed by atoms with E-state index in [4.69, 9.17) is 11.6 Å². The minimum absolute atomic E-state index is 0.147. The number of esters is 1. The molecule has 1 atom stereocenters. The predicted molar refractivity (Wildman–Crippen MR) is 54.1 cm³/mol. The highest BCUT2D eigenvalue weighted by Crippen LogP contribution is 2.06. The number of amides is 1. The van der Waals surface area contributed by atoms with Crippen molar-refractivity contribution in [1.29, 1.82) is 0 Å². The molecule has 4 nitrogen and oxygen atoms in total. The Labute approximate surface area is 88.9 Å². The zero-order valence-electron chi connectivity index (χ0n) is 8.67. The van der Waals surface area contributed by atoms with Gasteiger partial charge in [-0.05, 0) is 12.3 Å². The predicted octanol–water partition coefficient (Wildman–Crippen LogP) is 0.929. The largest absolute Gasteiger partial charge is 0.467 e. The van der Waals surface area contributed by atoms with E-state index in [-0.39, 0.29) is 11.8 Å². The van der Waals surface area contributed by atoms with Crippen LogP contribution in [0.2, 0.25) is 0 Å². The van der Waals surface area contributed by atoms with Crippen LogP contribution in [-0.4, -0.2) is 30.9 Å². The Kier molecular flexibility index (Phi) is 6.28. The normalized spacial score (nSPS) is 12.4. The quantitative estimate of drug-likeness (QED) is 0.555. The van der Waals surface area contributed by atoms with Crippen molar-refractivity contribution in [3.8, 4) is 0 Å². The lowest BCUT2D eigenvalue weighted by molar-refractivity contribution is -0.145. The molecule has 82 valence electrons. The standard InChI is InChI=1S/C9H16ClNO3/c1-6(2)4-7(9(13)14-3)11-8(12)5-10/h6-7H,4-5H2,1-3H3,(H,11,12)/t7-/m0/s1. The zero-order chi connectivity index (χ0) is 11.1. The molecule has 1 N–H and O–H groups in total. The molecule has 0 aromatic carbocycles. The first kappa shape index (κ1) is 13.2. The minimum atomic E-state index is -0.591. The van der Waals surface area contributed by atoms with E-state index in [1.165, 1.54) is 7.11 Å². The lowest BCUT2D eigenvalue weighted by Crippen LogP contribution is -2.42. The van der Waals surface area contributed by atoms with Gasteiger partial charge in [0.1, 0.15) is 11.9 Å². The van der Waals surface area contributed by atoms with Crippen LogP contribution in [0.5, 0.6) is 0 Å². The van der Waals surface area contributed by atoms with E-state index in [2.05, 4.69) is 10.1 Å². The fraction of sp³-hybridized carbons (Fsp3) is 0.778. The number of carbonyl (C=O) groups is 2. The smallest absolute Gasteiger partial charge is 0.328 e.